The summed E-state index contributed by atoms with van der Waals surface area (Å²) in [7, 11) is 0. The van der Waals surface area contributed by atoms with Gasteiger partial charge in [-0.2, -0.15) is 0 Å². The minimum absolute atomic E-state index is 0.536. The van der Waals surface area contributed by atoms with Crippen LogP contribution in [-0.4, -0.2) is 6.61 Å². The summed E-state index contributed by atoms with van der Waals surface area (Å²) in [5.41, 5.74) is 7.98. The molecule has 0 spiro atoms. The molecule has 0 amide bonds. The molecular weight excluding hydrogens is 412 g/mol. The molecule has 0 aliphatic rings. The van der Waals surface area contributed by atoms with E-state index in [1.54, 1.807) is 0 Å². The summed E-state index contributed by atoms with van der Waals surface area (Å²) < 4.78 is 5.51. The van der Waals surface area contributed by atoms with Crippen LogP contribution in [0.4, 0.5) is 0 Å². The Kier molecular flexibility index (Phi) is 8.35. The number of aryl methyl sites for hydroxylation is 2. The molecule has 0 radical (unpaired) electrons. The normalized spacial score (nSPS) is 12.1. The Morgan fingerprint density at radius 2 is 1.12 bits per heavy atom. The van der Waals surface area contributed by atoms with Gasteiger partial charge < -0.3 is 4.74 Å². The molecule has 1 nitrogen and oxygen atoms in total. The van der Waals surface area contributed by atoms with Gasteiger partial charge in [0.1, 0.15) is 5.75 Å². The van der Waals surface area contributed by atoms with Crippen molar-refractivity contribution in [3.63, 3.8) is 0 Å². The fraction of sp³-hybridized carbons (Fsp3) is 0.212. The van der Waals surface area contributed by atoms with E-state index in [1.165, 1.54) is 33.4 Å². The lowest BCUT2D eigenvalue weighted by Crippen LogP contribution is -1.99. The highest BCUT2D eigenvalue weighted by Gasteiger charge is 2.06. The molecule has 0 saturated heterocycles. The maximum absolute atomic E-state index is 5.51. The quantitative estimate of drug-likeness (QED) is 0.222. The molecule has 4 rings (SSSR count). The highest BCUT2D eigenvalue weighted by atomic mass is 16.5. The minimum atomic E-state index is 0.536. The summed E-state index contributed by atoms with van der Waals surface area (Å²) in [6.07, 6.45) is 7.51. The summed E-state index contributed by atoms with van der Waals surface area (Å²) in [5, 5.41) is 0. The van der Waals surface area contributed by atoms with E-state index in [0.29, 0.717) is 12.5 Å². The van der Waals surface area contributed by atoms with E-state index in [1.807, 2.05) is 19.1 Å². The second kappa shape index (κ2) is 12.0. The van der Waals surface area contributed by atoms with Crippen LogP contribution in [0, 0.1) is 0 Å². The maximum Gasteiger partial charge on any atom is 0.119 e. The molecule has 0 heterocycles. The third kappa shape index (κ3) is 6.96. The number of hydrogen-bond acceptors (Lipinski definition) is 1. The van der Waals surface area contributed by atoms with Crippen LogP contribution in [0.5, 0.6) is 5.75 Å². The van der Waals surface area contributed by atoms with Gasteiger partial charge in [0.25, 0.3) is 0 Å². The Hall–Kier alpha value is -3.58. The van der Waals surface area contributed by atoms with E-state index in [9.17, 15) is 0 Å². The lowest BCUT2D eigenvalue weighted by Gasteiger charge is -2.12. The van der Waals surface area contributed by atoms with Gasteiger partial charge in [-0.1, -0.05) is 110 Å². The van der Waals surface area contributed by atoms with E-state index in [-0.39, 0.29) is 0 Å². The van der Waals surface area contributed by atoms with Crippen molar-refractivity contribution in [1.82, 2.24) is 0 Å². The highest BCUT2D eigenvalue weighted by molar-refractivity contribution is 5.69. The first-order valence-electron chi connectivity index (χ1n) is 12.3. The Morgan fingerprint density at radius 1 is 0.618 bits per heavy atom. The topological polar surface area (TPSA) is 9.23 Å². The molecule has 0 bridgehead atoms. The number of ether oxygens (including phenoxy) is 1. The van der Waals surface area contributed by atoms with E-state index in [0.717, 1.165) is 25.0 Å². The fourth-order valence-corrected chi connectivity index (χ4v) is 4.21. The summed E-state index contributed by atoms with van der Waals surface area (Å²) in [5.74, 6) is 1.45. The molecule has 4 aromatic rings. The van der Waals surface area contributed by atoms with Crippen molar-refractivity contribution in [3.8, 4) is 5.75 Å². The van der Waals surface area contributed by atoms with Gasteiger partial charge in [-0.3, -0.25) is 0 Å². The molecule has 4 aromatic carbocycles. The predicted molar refractivity (Wildman–Crippen MR) is 145 cm³/mol. The van der Waals surface area contributed by atoms with Gasteiger partial charge in [0.05, 0.1) is 6.61 Å². The van der Waals surface area contributed by atoms with E-state index >= 15 is 0 Å². The van der Waals surface area contributed by atoms with Crippen LogP contribution in [0.3, 0.4) is 0 Å². The molecule has 0 aromatic heterocycles. The first kappa shape index (κ1) is 23.6. The van der Waals surface area contributed by atoms with Gasteiger partial charge in [-0.15, -0.1) is 0 Å². The molecule has 0 aliphatic carbocycles. The first-order chi connectivity index (χ1) is 16.7. The zero-order valence-corrected chi connectivity index (χ0v) is 20.3. The zero-order chi connectivity index (χ0) is 23.6. The monoisotopic (exact) mass is 446 g/mol. The van der Waals surface area contributed by atoms with Gasteiger partial charge in [-0.25, -0.2) is 0 Å². The van der Waals surface area contributed by atoms with E-state index < -0.39 is 0 Å². The van der Waals surface area contributed by atoms with Gasteiger partial charge in [-0.05, 0) is 77.6 Å². The van der Waals surface area contributed by atoms with E-state index in [2.05, 4.69) is 110 Å². The van der Waals surface area contributed by atoms with Crippen LogP contribution in [0.1, 0.15) is 53.1 Å². The molecule has 172 valence electrons. The van der Waals surface area contributed by atoms with Crippen LogP contribution in [-0.2, 0) is 19.3 Å². The van der Waals surface area contributed by atoms with Crippen molar-refractivity contribution in [2.24, 2.45) is 0 Å². The van der Waals surface area contributed by atoms with Crippen molar-refractivity contribution >= 4 is 12.2 Å². The standard InChI is InChI=1S/C33H34O/c1-3-34-33-23-21-30(22-24-33)16-15-28-11-9-27(10-12-28)13-14-29-17-19-31(20-18-29)25-26(2)32-7-5-4-6-8-32/h4-12,15-24,26H,3,13-14,25H2,1-2H3/t26-/m1/s1. The van der Waals surface area contributed by atoms with Crippen LogP contribution < -0.4 is 4.74 Å². The molecular formula is C33H34O. The average molecular weight is 447 g/mol. The molecule has 1 heteroatoms. The fourth-order valence-electron chi connectivity index (χ4n) is 4.21. The predicted octanol–water partition coefficient (Wildman–Crippen LogP) is 8.39. The summed E-state index contributed by atoms with van der Waals surface area (Å²) in [4.78, 5) is 0. The van der Waals surface area contributed by atoms with Gasteiger partial charge >= 0.3 is 0 Å². The minimum Gasteiger partial charge on any atom is -0.494 e. The summed E-state index contributed by atoms with van der Waals surface area (Å²) in [6.45, 7) is 5.00. The molecule has 0 N–H and O–H groups in total. The second-order valence-electron chi connectivity index (χ2n) is 8.91. The van der Waals surface area contributed by atoms with Crippen molar-refractivity contribution in [2.45, 2.75) is 39.0 Å². The smallest absolute Gasteiger partial charge is 0.119 e. The largest absolute Gasteiger partial charge is 0.494 e. The van der Waals surface area contributed by atoms with Gasteiger partial charge in [0.15, 0.2) is 0 Å². The number of hydrogen-bond donors (Lipinski definition) is 0. The van der Waals surface area contributed by atoms with Gasteiger partial charge in [0.2, 0.25) is 0 Å². The zero-order valence-electron chi connectivity index (χ0n) is 20.3. The van der Waals surface area contributed by atoms with Gasteiger partial charge in [0, 0.05) is 0 Å². The molecule has 0 aliphatic heterocycles. The third-order valence-corrected chi connectivity index (χ3v) is 6.27. The Labute approximate surface area is 204 Å². The third-order valence-electron chi connectivity index (χ3n) is 6.27. The van der Waals surface area contributed by atoms with Crippen molar-refractivity contribution in [1.29, 1.82) is 0 Å². The number of rotatable bonds is 10. The van der Waals surface area contributed by atoms with Crippen LogP contribution in [0.2, 0.25) is 0 Å². The second-order valence-corrected chi connectivity index (χ2v) is 8.91. The van der Waals surface area contributed by atoms with Crippen molar-refractivity contribution in [2.75, 3.05) is 6.61 Å². The average Bonchev–Trinajstić information content (AvgIpc) is 2.89. The highest BCUT2D eigenvalue weighted by Crippen LogP contribution is 2.21. The SMILES string of the molecule is CCOc1ccc(C=Cc2ccc(CCc3ccc(C[C@@H](C)c4ccccc4)cc3)cc2)cc1. The lowest BCUT2D eigenvalue weighted by molar-refractivity contribution is 0.340. The van der Waals surface area contributed by atoms with Crippen LogP contribution in [0.25, 0.3) is 12.2 Å². The molecule has 0 saturated carbocycles. The lowest BCUT2D eigenvalue weighted by atomic mass is 9.93. The Bertz CT molecular complexity index is 1150. The van der Waals surface area contributed by atoms with E-state index in [4.69, 9.17) is 4.74 Å². The molecule has 0 unspecified atom stereocenters. The Balaban J connectivity index is 1.26. The molecule has 1 atom stereocenters. The first-order valence-corrected chi connectivity index (χ1v) is 12.3. The summed E-state index contributed by atoms with van der Waals surface area (Å²) >= 11 is 0. The number of benzene rings is 4. The summed E-state index contributed by atoms with van der Waals surface area (Å²) in [6, 6.07) is 37.1. The molecule has 0 fully saturated rings. The maximum atomic E-state index is 5.51. The van der Waals surface area contributed by atoms with Crippen LogP contribution in [0.15, 0.2) is 103 Å². The van der Waals surface area contributed by atoms with Crippen LogP contribution >= 0.6 is 0 Å². The van der Waals surface area contributed by atoms with Crippen molar-refractivity contribution < 1.29 is 4.74 Å². The Morgan fingerprint density at radius 3 is 1.68 bits per heavy atom. The van der Waals surface area contributed by atoms with Crippen molar-refractivity contribution in [3.05, 3.63) is 137 Å². The molecule has 34 heavy (non-hydrogen) atoms.